The van der Waals surface area contributed by atoms with Crippen molar-refractivity contribution in [3.05, 3.63) is 29.8 Å². The second-order valence-corrected chi connectivity index (χ2v) is 3.68. The Morgan fingerprint density at radius 3 is 2.69 bits per heavy atom. The molecule has 2 nitrogen and oxygen atoms in total. The topological polar surface area (TPSA) is 21.6 Å². The summed E-state index contributed by atoms with van der Waals surface area (Å²) >= 11 is 0. The van der Waals surface area contributed by atoms with Crippen LogP contribution in [0.25, 0.3) is 5.57 Å². The number of benzene rings is 1. The summed E-state index contributed by atoms with van der Waals surface area (Å²) in [5.74, 6) is 0.869. The van der Waals surface area contributed by atoms with Crippen molar-refractivity contribution in [3.63, 3.8) is 0 Å². The van der Waals surface area contributed by atoms with Gasteiger partial charge < -0.3 is 4.74 Å². The number of hydrogen-bond acceptors (Lipinski definition) is 2. The number of nitrogens with zero attached hydrogens (tertiary/aromatic N) is 1. The molecule has 0 aliphatic carbocycles. The summed E-state index contributed by atoms with van der Waals surface area (Å²) < 4.78 is 5.30. The maximum atomic E-state index is 5.30. The van der Waals surface area contributed by atoms with Gasteiger partial charge in [0, 0.05) is 17.8 Å². The van der Waals surface area contributed by atoms with Crippen LogP contribution in [0, 0.1) is 6.92 Å². The molecule has 1 aromatic carbocycles. The van der Waals surface area contributed by atoms with Crippen molar-refractivity contribution < 1.29 is 4.74 Å². The second kappa shape index (κ2) is 5.50. The van der Waals surface area contributed by atoms with E-state index in [0.717, 1.165) is 34.6 Å². The first-order valence-electron chi connectivity index (χ1n) is 5.49. The standard InChI is InChI=1S/C14H19NO/c1-6-10(3)12-8-11(4)14(16-5)9-13(12)15-7-2/h7-9H,3,6H2,1-2,4-5H3. The van der Waals surface area contributed by atoms with Crippen LogP contribution in [0.5, 0.6) is 5.75 Å². The molecule has 0 aliphatic heterocycles. The molecule has 1 rings (SSSR count). The molecule has 0 saturated heterocycles. The molecule has 0 radical (unpaired) electrons. The van der Waals surface area contributed by atoms with Gasteiger partial charge in [-0.15, -0.1) is 0 Å². The van der Waals surface area contributed by atoms with Gasteiger partial charge in [-0.1, -0.05) is 13.5 Å². The van der Waals surface area contributed by atoms with Crippen LogP contribution in [0.15, 0.2) is 23.7 Å². The first-order valence-corrected chi connectivity index (χ1v) is 5.49. The molecule has 0 unspecified atom stereocenters. The highest BCUT2D eigenvalue weighted by Crippen LogP contribution is 2.33. The van der Waals surface area contributed by atoms with Crippen molar-refractivity contribution in [1.82, 2.24) is 0 Å². The molecule has 1 aromatic rings. The molecule has 0 bridgehead atoms. The third-order valence-corrected chi connectivity index (χ3v) is 2.59. The average Bonchev–Trinajstić information content (AvgIpc) is 2.30. The van der Waals surface area contributed by atoms with Crippen molar-refractivity contribution in [3.8, 4) is 5.75 Å². The average molecular weight is 217 g/mol. The molecule has 0 heterocycles. The monoisotopic (exact) mass is 217 g/mol. The van der Waals surface area contributed by atoms with Gasteiger partial charge in [-0.05, 0) is 37.5 Å². The number of aliphatic imine (C=N–C) groups is 1. The molecular formula is C14H19NO. The van der Waals surface area contributed by atoms with Crippen LogP contribution in [-0.2, 0) is 0 Å². The third kappa shape index (κ3) is 2.51. The van der Waals surface area contributed by atoms with Gasteiger partial charge >= 0.3 is 0 Å². The highest BCUT2D eigenvalue weighted by atomic mass is 16.5. The fourth-order valence-corrected chi connectivity index (χ4v) is 1.62. The van der Waals surface area contributed by atoms with E-state index in [1.165, 1.54) is 0 Å². The smallest absolute Gasteiger partial charge is 0.123 e. The zero-order valence-electron chi connectivity index (χ0n) is 10.5. The fraction of sp³-hybridized carbons (Fsp3) is 0.357. The fourth-order valence-electron chi connectivity index (χ4n) is 1.62. The number of hydrogen-bond donors (Lipinski definition) is 0. The van der Waals surface area contributed by atoms with Crippen molar-refractivity contribution in [2.24, 2.45) is 4.99 Å². The normalized spacial score (nSPS) is 10.8. The Bertz CT molecular complexity index is 419. The van der Waals surface area contributed by atoms with E-state index in [9.17, 15) is 0 Å². The van der Waals surface area contributed by atoms with Crippen LogP contribution in [-0.4, -0.2) is 13.3 Å². The van der Waals surface area contributed by atoms with E-state index in [0.29, 0.717) is 0 Å². The highest BCUT2D eigenvalue weighted by Gasteiger charge is 2.08. The molecule has 0 saturated carbocycles. The van der Waals surface area contributed by atoms with Gasteiger partial charge in [-0.25, -0.2) is 0 Å². The molecule has 2 heteroatoms. The largest absolute Gasteiger partial charge is 0.496 e. The summed E-state index contributed by atoms with van der Waals surface area (Å²) in [6.45, 7) is 10.1. The van der Waals surface area contributed by atoms with Crippen molar-refractivity contribution in [2.45, 2.75) is 27.2 Å². The Morgan fingerprint density at radius 2 is 2.19 bits per heavy atom. The Balaban J connectivity index is 3.35. The number of methoxy groups -OCH3 is 1. The van der Waals surface area contributed by atoms with Crippen LogP contribution in [0.1, 0.15) is 31.4 Å². The predicted molar refractivity (Wildman–Crippen MR) is 70.9 cm³/mol. The van der Waals surface area contributed by atoms with Crippen LogP contribution in [0.4, 0.5) is 5.69 Å². The van der Waals surface area contributed by atoms with E-state index >= 15 is 0 Å². The lowest BCUT2D eigenvalue weighted by molar-refractivity contribution is 0.412. The molecule has 0 atom stereocenters. The first kappa shape index (κ1) is 12.5. The number of rotatable bonds is 4. The summed E-state index contributed by atoms with van der Waals surface area (Å²) in [5, 5.41) is 0. The minimum atomic E-state index is 0.869. The van der Waals surface area contributed by atoms with Crippen LogP contribution >= 0.6 is 0 Å². The molecule has 0 spiro atoms. The van der Waals surface area contributed by atoms with E-state index < -0.39 is 0 Å². The van der Waals surface area contributed by atoms with Gasteiger partial charge in [0.15, 0.2) is 0 Å². The first-order chi connectivity index (χ1) is 7.63. The molecule has 86 valence electrons. The molecular weight excluding hydrogens is 198 g/mol. The Hall–Kier alpha value is -1.57. The minimum Gasteiger partial charge on any atom is -0.496 e. The van der Waals surface area contributed by atoms with Crippen molar-refractivity contribution in [1.29, 1.82) is 0 Å². The van der Waals surface area contributed by atoms with E-state index in [1.54, 1.807) is 13.3 Å². The van der Waals surface area contributed by atoms with Gasteiger partial charge in [0.05, 0.1) is 12.8 Å². The zero-order chi connectivity index (χ0) is 12.1. The predicted octanol–water partition coefficient (Wildman–Crippen LogP) is 4.15. The van der Waals surface area contributed by atoms with Crippen LogP contribution in [0.3, 0.4) is 0 Å². The maximum absolute atomic E-state index is 5.30. The highest BCUT2D eigenvalue weighted by molar-refractivity contribution is 5.77. The summed E-state index contributed by atoms with van der Waals surface area (Å²) in [4.78, 5) is 4.36. The van der Waals surface area contributed by atoms with Gasteiger partial charge in [0.1, 0.15) is 5.75 Å². The van der Waals surface area contributed by atoms with Gasteiger partial charge in [0.2, 0.25) is 0 Å². The molecule has 0 amide bonds. The number of allylic oxidation sites excluding steroid dienone is 1. The molecule has 0 fully saturated rings. The van der Waals surface area contributed by atoms with Crippen molar-refractivity contribution in [2.75, 3.05) is 7.11 Å². The zero-order valence-corrected chi connectivity index (χ0v) is 10.5. The third-order valence-electron chi connectivity index (χ3n) is 2.59. The number of aryl methyl sites for hydroxylation is 1. The lowest BCUT2D eigenvalue weighted by Crippen LogP contribution is -1.91. The molecule has 0 aromatic heterocycles. The Labute approximate surface area is 97.7 Å². The quantitative estimate of drug-likeness (QED) is 0.694. The van der Waals surface area contributed by atoms with E-state index in [-0.39, 0.29) is 0 Å². The molecule has 0 aliphatic rings. The van der Waals surface area contributed by atoms with Crippen molar-refractivity contribution >= 4 is 17.5 Å². The van der Waals surface area contributed by atoms with Crippen LogP contribution < -0.4 is 4.74 Å². The number of ether oxygens (including phenoxy) is 1. The van der Waals surface area contributed by atoms with E-state index in [1.807, 2.05) is 19.9 Å². The summed E-state index contributed by atoms with van der Waals surface area (Å²) in [5.41, 5.74) is 4.25. The second-order valence-electron chi connectivity index (χ2n) is 3.68. The lowest BCUT2D eigenvalue weighted by atomic mass is 10.0. The Kier molecular flexibility index (Phi) is 4.29. The van der Waals surface area contributed by atoms with Crippen LogP contribution in [0.2, 0.25) is 0 Å². The van der Waals surface area contributed by atoms with Gasteiger partial charge in [0.25, 0.3) is 0 Å². The molecule has 16 heavy (non-hydrogen) atoms. The molecule has 0 N–H and O–H groups in total. The summed E-state index contributed by atoms with van der Waals surface area (Å²) in [6, 6.07) is 4.05. The summed E-state index contributed by atoms with van der Waals surface area (Å²) in [6.07, 6.45) is 2.72. The van der Waals surface area contributed by atoms with E-state index in [2.05, 4.69) is 24.6 Å². The Morgan fingerprint density at radius 1 is 1.50 bits per heavy atom. The summed E-state index contributed by atoms with van der Waals surface area (Å²) in [7, 11) is 1.68. The SMILES string of the molecule is C=C(CC)c1cc(C)c(OC)cc1N=CC. The van der Waals surface area contributed by atoms with E-state index in [4.69, 9.17) is 4.74 Å². The van der Waals surface area contributed by atoms with Gasteiger partial charge in [-0.2, -0.15) is 0 Å². The maximum Gasteiger partial charge on any atom is 0.123 e. The minimum absolute atomic E-state index is 0.869. The lowest BCUT2D eigenvalue weighted by Gasteiger charge is -2.12. The van der Waals surface area contributed by atoms with Gasteiger partial charge in [-0.3, -0.25) is 4.99 Å².